The molecule has 2 fully saturated rings. The van der Waals surface area contributed by atoms with E-state index in [0.717, 1.165) is 12.8 Å². The summed E-state index contributed by atoms with van der Waals surface area (Å²) in [6, 6.07) is 0.399. The van der Waals surface area contributed by atoms with Gasteiger partial charge in [0.15, 0.2) is 0 Å². The SMILES string of the molecule is CCOC(=O)N1CCN(C(=O)CSc2nnnn2C2CC2)CC1. The van der Waals surface area contributed by atoms with Gasteiger partial charge < -0.3 is 14.5 Å². The molecular weight excluding hydrogens is 320 g/mol. The Balaban J connectivity index is 1.44. The third kappa shape index (κ3) is 3.92. The standard InChI is InChI=1S/C13H20N6O3S/c1-2-22-13(21)18-7-5-17(6-8-18)11(20)9-23-12-14-15-16-19(12)10-3-4-10/h10H,2-9H2,1H3. The maximum Gasteiger partial charge on any atom is 0.409 e. The van der Waals surface area contributed by atoms with Gasteiger partial charge in [-0.25, -0.2) is 9.48 Å². The first-order valence-electron chi connectivity index (χ1n) is 7.79. The van der Waals surface area contributed by atoms with E-state index in [-0.39, 0.29) is 12.0 Å². The van der Waals surface area contributed by atoms with Gasteiger partial charge in [-0.3, -0.25) is 4.79 Å². The van der Waals surface area contributed by atoms with Crippen molar-refractivity contribution in [3.05, 3.63) is 0 Å². The van der Waals surface area contributed by atoms with Gasteiger partial charge in [-0.15, -0.1) is 5.10 Å². The average Bonchev–Trinajstić information content (AvgIpc) is 3.31. The smallest absolute Gasteiger partial charge is 0.409 e. The van der Waals surface area contributed by atoms with Crippen molar-refractivity contribution in [1.82, 2.24) is 30.0 Å². The molecule has 2 amide bonds. The van der Waals surface area contributed by atoms with Crippen LogP contribution in [0, 0.1) is 0 Å². The second kappa shape index (κ2) is 7.16. The van der Waals surface area contributed by atoms with E-state index in [2.05, 4.69) is 15.5 Å². The van der Waals surface area contributed by atoms with Gasteiger partial charge in [-0.05, 0) is 30.2 Å². The fourth-order valence-electron chi connectivity index (χ4n) is 2.40. The average molecular weight is 340 g/mol. The summed E-state index contributed by atoms with van der Waals surface area (Å²) in [5, 5.41) is 12.3. The molecule has 23 heavy (non-hydrogen) atoms. The van der Waals surface area contributed by atoms with E-state index < -0.39 is 0 Å². The first kappa shape index (κ1) is 16.0. The van der Waals surface area contributed by atoms with Crippen molar-refractivity contribution in [3.8, 4) is 0 Å². The Morgan fingerprint density at radius 3 is 2.57 bits per heavy atom. The quantitative estimate of drug-likeness (QED) is 0.716. The van der Waals surface area contributed by atoms with Gasteiger partial charge in [-0.1, -0.05) is 11.8 Å². The molecule has 0 aromatic carbocycles. The van der Waals surface area contributed by atoms with Crippen molar-refractivity contribution in [2.45, 2.75) is 31.0 Å². The van der Waals surface area contributed by atoms with Crippen molar-refractivity contribution in [1.29, 1.82) is 0 Å². The summed E-state index contributed by atoms with van der Waals surface area (Å²) >= 11 is 1.37. The number of hydrogen-bond donors (Lipinski definition) is 0. The van der Waals surface area contributed by atoms with Gasteiger partial charge in [-0.2, -0.15) is 0 Å². The lowest BCUT2D eigenvalue weighted by molar-refractivity contribution is -0.129. The zero-order valence-electron chi connectivity index (χ0n) is 13.1. The minimum Gasteiger partial charge on any atom is -0.450 e. The number of carbonyl (C=O) groups excluding carboxylic acids is 2. The van der Waals surface area contributed by atoms with Gasteiger partial charge >= 0.3 is 6.09 Å². The molecule has 1 saturated carbocycles. The van der Waals surface area contributed by atoms with Crippen LogP contribution in [0.15, 0.2) is 5.16 Å². The highest BCUT2D eigenvalue weighted by Gasteiger charge is 2.29. The predicted molar refractivity (Wildman–Crippen MR) is 82.0 cm³/mol. The lowest BCUT2D eigenvalue weighted by atomic mass is 10.3. The number of ether oxygens (including phenoxy) is 1. The van der Waals surface area contributed by atoms with Crippen LogP contribution in [0.2, 0.25) is 0 Å². The Morgan fingerprint density at radius 1 is 1.22 bits per heavy atom. The van der Waals surface area contributed by atoms with Crippen LogP contribution in [-0.2, 0) is 9.53 Å². The first-order valence-corrected chi connectivity index (χ1v) is 8.77. The summed E-state index contributed by atoms with van der Waals surface area (Å²) in [4.78, 5) is 27.3. The summed E-state index contributed by atoms with van der Waals surface area (Å²) in [6.07, 6.45) is 1.89. The Kier molecular flexibility index (Phi) is 4.99. The number of hydrogen-bond acceptors (Lipinski definition) is 7. The van der Waals surface area contributed by atoms with Crippen molar-refractivity contribution in [2.75, 3.05) is 38.5 Å². The molecule has 1 aliphatic heterocycles. The molecule has 2 aliphatic rings. The molecule has 0 unspecified atom stereocenters. The molecule has 126 valence electrons. The Hall–Kier alpha value is -1.84. The van der Waals surface area contributed by atoms with Crippen molar-refractivity contribution in [3.63, 3.8) is 0 Å². The van der Waals surface area contributed by atoms with Gasteiger partial charge in [0.05, 0.1) is 18.4 Å². The maximum atomic E-state index is 12.3. The molecule has 0 radical (unpaired) electrons. The zero-order chi connectivity index (χ0) is 16.2. The lowest BCUT2D eigenvalue weighted by Crippen LogP contribution is -2.51. The molecular formula is C13H20N6O3S. The van der Waals surface area contributed by atoms with E-state index in [1.165, 1.54) is 11.8 Å². The van der Waals surface area contributed by atoms with Crippen LogP contribution in [0.4, 0.5) is 4.79 Å². The van der Waals surface area contributed by atoms with Crippen molar-refractivity contribution < 1.29 is 14.3 Å². The first-order chi connectivity index (χ1) is 11.2. The third-order valence-corrected chi connectivity index (χ3v) is 4.76. The monoisotopic (exact) mass is 340 g/mol. The summed E-state index contributed by atoms with van der Waals surface area (Å²) < 4.78 is 6.77. The van der Waals surface area contributed by atoms with Crippen LogP contribution in [0.3, 0.4) is 0 Å². The van der Waals surface area contributed by atoms with Gasteiger partial charge in [0.2, 0.25) is 11.1 Å². The fraction of sp³-hybridized carbons (Fsp3) is 0.769. The van der Waals surface area contributed by atoms with Gasteiger partial charge in [0.1, 0.15) is 0 Å². The molecule has 1 aromatic rings. The second-order valence-corrected chi connectivity index (χ2v) is 6.44. The van der Waals surface area contributed by atoms with E-state index in [0.29, 0.717) is 49.7 Å². The number of tetrazole rings is 1. The zero-order valence-corrected chi connectivity index (χ0v) is 13.9. The molecule has 1 aliphatic carbocycles. The predicted octanol–water partition coefficient (Wildman–Crippen LogP) is 0.401. The fourth-order valence-corrected chi connectivity index (χ4v) is 3.25. The normalized spacial score (nSPS) is 18.1. The molecule has 3 rings (SSSR count). The van der Waals surface area contributed by atoms with Crippen LogP contribution < -0.4 is 0 Å². The van der Waals surface area contributed by atoms with Gasteiger partial charge in [0.25, 0.3) is 0 Å². The number of rotatable bonds is 5. The van der Waals surface area contributed by atoms with E-state index in [9.17, 15) is 9.59 Å². The van der Waals surface area contributed by atoms with E-state index >= 15 is 0 Å². The van der Waals surface area contributed by atoms with E-state index in [4.69, 9.17) is 4.74 Å². The summed E-state index contributed by atoms with van der Waals surface area (Å²) in [6.45, 7) is 4.23. The van der Waals surface area contributed by atoms with Crippen LogP contribution in [0.1, 0.15) is 25.8 Å². The summed E-state index contributed by atoms with van der Waals surface area (Å²) in [5.41, 5.74) is 0. The molecule has 0 N–H and O–H groups in total. The number of thioether (sulfide) groups is 1. The molecule has 1 saturated heterocycles. The Labute approximate surface area is 138 Å². The topological polar surface area (TPSA) is 93.4 Å². The number of aromatic nitrogens is 4. The highest BCUT2D eigenvalue weighted by molar-refractivity contribution is 7.99. The Morgan fingerprint density at radius 2 is 1.91 bits per heavy atom. The highest BCUT2D eigenvalue weighted by Crippen LogP contribution is 2.36. The number of piperazine rings is 1. The number of nitrogens with zero attached hydrogens (tertiary/aromatic N) is 6. The summed E-state index contributed by atoms with van der Waals surface area (Å²) in [7, 11) is 0. The van der Waals surface area contributed by atoms with E-state index in [1.54, 1.807) is 21.4 Å². The van der Waals surface area contributed by atoms with Crippen LogP contribution in [0.5, 0.6) is 0 Å². The second-order valence-electron chi connectivity index (χ2n) is 5.49. The number of amides is 2. The maximum absolute atomic E-state index is 12.3. The molecule has 9 nitrogen and oxygen atoms in total. The minimum atomic E-state index is -0.308. The van der Waals surface area contributed by atoms with Crippen molar-refractivity contribution in [2.24, 2.45) is 0 Å². The molecule has 0 spiro atoms. The molecule has 2 heterocycles. The van der Waals surface area contributed by atoms with E-state index in [1.807, 2.05) is 0 Å². The van der Waals surface area contributed by atoms with Crippen LogP contribution in [-0.4, -0.2) is 80.5 Å². The highest BCUT2D eigenvalue weighted by atomic mass is 32.2. The van der Waals surface area contributed by atoms with Crippen LogP contribution in [0.25, 0.3) is 0 Å². The summed E-state index contributed by atoms with van der Waals surface area (Å²) in [5.74, 6) is 0.357. The van der Waals surface area contributed by atoms with Gasteiger partial charge in [0, 0.05) is 26.2 Å². The van der Waals surface area contributed by atoms with Crippen molar-refractivity contribution >= 4 is 23.8 Å². The molecule has 10 heteroatoms. The lowest BCUT2D eigenvalue weighted by Gasteiger charge is -2.34. The Bertz CT molecular complexity index is 568. The number of carbonyl (C=O) groups is 2. The molecule has 0 bridgehead atoms. The molecule has 1 aromatic heterocycles. The minimum absolute atomic E-state index is 0.0452. The molecule has 0 atom stereocenters. The third-order valence-electron chi connectivity index (χ3n) is 3.84. The van der Waals surface area contributed by atoms with Crippen LogP contribution >= 0.6 is 11.8 Å². The largest absolute Gasteiger partial charge is 0.450 e.